The van der Waals surface area contributed by atoms with Crippen LogP contribution in [0, 0.1) is 0 Å². The lowest BCUT2D eigenvalue weighted by molar-refractivity contribution is 0.616. The molecule has 0 amide bonds. The van der Waals surface area contributed by atoms with Crippen molar-refractivity contribution in [2.24, 2.45) is 0 Å². The van der Waals surface area contributed by atoms with Crippen molar-refractivity contribution in [1.82, 2.24) is 0 Å². The summed E-state index contributed by atoms with van der Waals surface area (Å²) in [6.07, 6.45) is 1.77. The van der Waals surface area contributed by atoms with E-state index in [0.29, 0.717) is 0 Å². The molecular formula is C66H43NOS. The highest BCUT2D eigenvalue weighted by molar-refractivity contribution is 7.17. The molecule has 0 saturated heterocycles. The zero-order valence-corrected chi connectivity index (χ0v) is 38.4. The Kier molecular flexibility index (Phi) is 8.92. The molecule has 12 aromatic rings. The average molecular weight is 898 g/mol. The summed E-state index contributed by atoms with van der Waals surface area (Å²) in [5.74, 6) is 0. The summed E-state index contributed by atoms with van der Waals surface area (Å²) in [6.45, 7) is 0. The third kappa shape index (κ3) is 5.84. The maximum absolute atomic E-state index is 5.77. The lowest BCUT2D eigenvalue weighted by Crippen LogP contribution is -2.28. The van der Waals surface area contributed by atoms with Gasteiger partial charge >= 0.3 is 0 Å². The van der Waals surface area contributed by atoms with Crippen molar-refractivity contribution in [3.05, 3.63) is 305 Å². The molecule has 0 unspecified atom stereocenters. The molecule has 0 bridgehead atoms. The van der Waals surface area contributed by atoms with E-state index in [1.807, 2.05) is 6.07 Å². The first kappa shape index (κ1) is 39.6. The van der Waals surface area contributed by atoms with Crippen LogP contribution in [0.2, 0.25) is 0 Å². The van der Waals surface area contributed by atoms with Crippen molar-refractivity contribution in [3.63, 3.8) is 0 Å². The highest BCUT2D eigenvalue weighted by Gasteiger charge is 2.48. The van der Waals surface area contributed by atoms with Crippen molar-refractivity contribution in [3.8, 4) is 33.4 Å². The van der Waals surface area contributed by atoms with Crippen molar-refractivity contribution < 1.29 is 4.42 Å². The zero-order valence-electron chi connectivity index (χ0n) is 37.6. The minimum absolute atomic E-state index is 0.483. The van der Waals surface area contributed by atoms with Gasteiger partial charge in [0, 0.05) is 27.1 Å². The first-order valence-electron chi connectivity index (χ1n) is 23.7. The van der Waals surface area contributed by atoms with Gasteiger partial charge in [-0.1, -0.05) is 176 Å². The van der Waals surface area contributed by atoms with Crippen LogP contribution in [0.4, 0.5) is 17.1 Å². The monoisotopic (exact) mass is 897 g/mol. The van der Waals surface area contributed by atoms with E-state index in [4.69, 9.17) is 4.42 Å². The number of hydrogen-bond acceptors (Lipinski definition) is 3. The Hall–Kier alpha value is -8.50. The van der Waals surface area contributed by atoms with Gasteiger partial charge in [-0.2, -0.15) is 0 Å². The number of thiophene rings is 1. The fourth-order valence-electron chi connectivity index (χ4n) is 12.1. The summed E-state index contributed by atoms with van der Waals surface area (Å²) in [7, 11) is 0. The van der Waals surface area contributed by atoms with Crippen LogP contribution >= 0.6 is 11.3 Å². The van der Waals surface area contributed by atoms with Crippen molar-refractivity contribution in [1.29, 1.82) is 0 Å². The smallest absolute Gasteiger partial charge is 0.133 e. The van der Waals surface area contributed by atoms with Crippen molar-refractivity contribution >= 4 is 49.5 Å². The Morgan fingerprint density at radius 2 is 0.797 bits per heavy atom. The largest absolute Gasteiger partial charge is 0.464 e. The van der Waals surface area contributed by atoms with Gasteiger partial charge in [0.2, 0.25) is 0 Å². The fourth-order valence-corrected chi connectivity index (χ4v) is 12.8. The second-order valence-electron chi connectivity index (χ2n) is 18.4. The number of nitrogens with zero attached hydrogens (tertiary/aromatic N) is 1. The van der Waals surface area contributed by atoms with Crippen LogP contribution in [0.1, 0.15) is 44.5 Å². The van der Waals surface area contributed by atoms with E-state index >= 15 is 0 Å². The Morgan fingerprint density at radius 1 is 0.333 bits per heavy atom. The SMILES string of the molecule is c1ccc(C2(c3ccccc3)c3ccccc3-c3cc(N(c4ccc5c(c4)-c4cc(-c6ccc7occc7c6)ccc4C5(c4ccccc4)c4ccccc4)c4ccc5sccc5c4)ccc32)cc1. The molecule has 0 spiro atoms. The maximum Gasteiger partial charge on any atom is 0.133 e. The Balaban J connectivity index is 1.02. The third-order valence-corrected chi connectivity index (χ3v) is 15.9. The maximum atomic E-state index is 5.77. The Labute approximate surface area is 405 Å². The molecule has 69 heavy (non-hydrogen) atoms. The fraction of sp³-hybridized carbons (Fsp3) is 0.0303. The molecular weight excluding hydrogens is 855 g/mol. The number of fused-ring (bicyclic) bond motifs is 8. The molecule has 0 fully saturated rings. The molecule has 14 rings (SSSR count). The van der Waals surface area contributed by atoms with Gasteiger partial charge in [0.1, 0.15) is 5.58 Å². The highest BCUT2D eigenvalue weighted by Crippen LogP contribution is 2.60. The topological polar surface area (TPSA) is 16.4 Å². The van der Waals surface area contributed by atoms with Gasteiger partial charge in [-0.15, -0.1) is 11.3 Å². The summed E-state index contributed by atoms with van der Waals surface area (Å²) in [4.78, 5) is 2.48. The van der Waals surface area contributed by atoms with E-state index in [2.05, 4.69) is 253 Å². The predicted molar refractivity (Wildman–Crippen MR) is 286 cm³/mol. The first-order chi connectivity index (χ1) is 34.2. The standard InChI is InChI=1S/C66H43NOS/c1-5-15-48(16-6-1)65(49-17-7-2-8-18-49)59-24-14-13-23-55(59)57-42-53(27-31-61(57)65)67(52-29-34-64-47(40-52)36-38-69-64)54-28-32-62-58(43-54)56-41-45(44-26-33-63-46(39-44)35-37-68-63)25-30-60(56)66(62,50-19-9-3-10-20-50)51-21-11-4-12-22-51/h1-43H. The molecule has 0 atom stereocenters. The molecule has 2 heterocycles. The molecule has 10 aromatic carbocycles. The van der Waals surface area contributed by atoms with E-state index in [1.54, 1.807) is 17.6 Å². The molecule has 0 N–H and O–H groups in total. The number of furan rings is 1. The minimum Gasteiger partial charge on any atom is -0.464 e. The molecule has 2 nitrogen and oxygen atoms in total. The second kappa shape index (κ2) is 15.5. The van der Waals surface area contributed by atoms with Crippen LogP contribution in [-0.2, 0) is 10.8 Å². The van der Waals surface area contributed by atoms with E-state index < -0.39 is 10.8 Å². The molecule has 2 aliphatic rings. The van der Waals surface area contributed by atoms with Gasteiger partial charge in [0.05, 0.1) is 17.1 Å². The number of anilines is 3. The minimum atomic E-state index is -0.547. The molecule has 2 aliphatic carbocycles. The molecule has 0 radical (unpaired) electrons. The molecule has 0 saturated carbocycles. The highest BCUT2D eigenvalue weighted by atomic mass is 32.1. The van der Waals surface area contributed by atoms with E-state index in [9.17, 15) is 0 Å². The first-order valence-corrected chi connectivity index (χ1v) is 24.6. The number of rotatable bonds is 8. The van der Waals surface area contributed by atoms with E-state index in [1.165, 1.54) is 82.4 Å². The van der Waals surface area contributed by atoms with E-state index in [0.717, 1.165) is 33.6 Å². The molecule has 0 aliphatic heterocycles. The molecule has 3 heteroatoms. The van der Waals surface area contributed by atoms with Gasteiger partial charge in [-0.3, -0.25) is 0 Å². The lowest BCUT2D eigenvalue weighted by Gasteiger charge is -2.34. The third-order valence-electron chi connectivity index (χ3n) is 15.0. The summed E-state index contributed by atoms with van der Waals surface area (Å²) in [5, 5.41) is 4.52. The van der Waals surface area contributed by atoms with Crippen LogP contribution < -0.4 is 4.90 Å². The quantitative estimate of drug-likeness (QED) is 0.151. The predicted octanol–water partition coefficient (Wildman–Crippen LogP) is 17.5. The average Bonchev–Trinajstić information content (AvgIpc) is 4.22. The van der Waals surface area contributed by atoms with E-state index in [-0.39, 0.29) is 0 Å². The number of benzene rings is 10. The summed E-state index contributed by atoms with van der Waals surface area (Å²) >= 11 is 1.78. The molecule has 324 valence electrons. The summed E-state index contributed by atoms with van der Waals surface area (Å²) < 4.78 is 7.05. The van der Waals surface area contributed by atoms with Gasteiger partial charge in [-0.25, -0.2) is 0 Å². The van der Waals surface area contributed by atoms with Gasteiger partial charge < -0.3 is 9.32 Å². The van der Waals surface area contributed by atoms with Gasteiger partial charge in [0.25, 0.3) is 0 Å². The lowest BCUT2D eigenvalue weighted by atomic mass is 9.67. The van der Waals surface area contributed by atoms with Crippen LogP contribution in [0.15, 0.2) is 265 Å². The van der Waals surface area contributed by atoms with Crippen LogP contribution in [0.3, 0.4) is 0 Å². The normalized spacial score (nSPS) is 13.7. The van der Waals surface area contributed by atoms with Crippen LogP contribution in [-0.4, -0.2) is 0 Å². The second-order valence-corrected chi connectivity index (χ2v) is 19.3. The molecule has 2 aromatic heterocycles. The van der Waals surface area contributed by atoms with Crippen molar-refractivity contribution in [2.75, 3.05) is 4.90 Å². The Morgan fingerprint density at radius 3 is 1.41 bits per heavy atom. The van der Waals surface area contributed by atoms with Gasteiger partial charge in [0.15, 0.2) is 0 Å². The number of hydrogen-bond donors (Lipinski definition) is 0. The van der Waals surface area contributed by atoms with Crippen LogP contribution in [0.25, 0.3) is 54.4 Å². The van der Waals surface area contributed by atoms with Crippen molar-refractivity contribution in [2.45, 2.75) is 10.8 Å². The summed E-state index contributed by atoms with van der Waals surface area (Å²) in [5.41, 5.74) is 20.6. The van der Waals surface area contributed by atoms with Gasteiger partial charge in [-0.05, 0) is 161 Å². The zero-order chi connectivity index (χ0) is 45.5. The summed E-state index contributed by atoms with van der Waals surface area (Å²) in [6, 6.07) is 92.6. The van der Waals surface area contributed by atoms with Crippen LogP contribution in [0.5, 0.6) is 0 Å². The Bertz CT molecular complexity index is 3830.